The van der Waals surface area contributed by atoms with Crippen LogP contribution in [0.5, 0.6) is 17.2 Å². The van der Waals surface area contributed by atoms with E-state index in [0.717, 1.165) is 16.5 Å². The van der Waals surface area contributed by atoms with Crippen molar-refractivity contribution in [3.63, 3.8) is 0 Å². The summed E-state index contributed by atoms with van der Waals surface area (Å²) in [6, 6.07) is 11.3. The fourth-order valence-electron chi connectivity index (χ4n) is 2.81. The second-order valence-corrected chi connectivity index (χ2v) is 5.50. The molecule has 1 amide bonds. The van der Waals surface area contributed by atoms with Crippen LogP contribution in [-0.4, -0.2) is 32.2 Å². The van der Waals surface area contributed by atoms with Crippen molar-refractivity contribution >= 4 is 22.5 Å². The highest BCUT2D eigenvalue weighted by molar-refractivity contribution is 5.96. The van der Waals surface area contributed by atoms with Crippen LogP contribution in [0.1, 0.15) is 5.56 Å². The normalized spacial score (nSPS) is 10.5. The number of hydrogen-bond acceptors (Lipinski definition) is 4. The lowest BCUT2D eigenvalue weighted by molar-refractivity contribution is -0.115. The Labute approximate surface area is 145 Å². The first-order valence-corrected chi connectivity index (χ1v) is 7.81. The fraction of sp³-hybridized carbons (Fsp3) is 0.211. The van der Waals surface area contributed by atoms with Crippen molar-refractivity contribution in [2.75, 3.05) is 26.6 Å². The second kappa shape index (κ2) is 7.17. The first kappa shape index (κ1) is 16.7. The van der Waals surface area contributed by atoms with E-state index in [0.29, 0.717) is 22.9 Å². The van der Waals surface area contributed by atoms with Gasteiger partial charge in [-0.3, -0.25) is 4.79 Å². The lowest BCUT2D eigenvalue weighted by Gasteiger charge is -2.14. The molecule has 2 aromatic carbocycles. The maximum Gasteiger partial charge on any atom is 0.228 e. The zero-order valence-electron chi connectivity index (χ0n) is 14.4. The number of methoxy groups -OCH3 is 3. The van der Waals surface area contributed by atoms with Gasteiger partial charge in [0.2, 0.25) is 11.7 Å². The third-order valence-electron chi connectivity index (χ3n) is 3.97. The van der Waals surface area contributed by atoms with E-state index in [4.69, 9.17) is 14.2 Å². The Morgan fingerprint density at radius 2 is 1.72 bits per heavy atom. The molecule has 0 radical (unpaired) electrons. The quantitative estimate of drug-likeness (QED) is 0.721. The Bertz CT molecular complexity index is 876. The smallest absolute Gasteiger partial charge is 0.228 e. The van der Waals surface area contributed by atoms with E-state index in [9.17, 15) is 4.79 Å². The van der Waals surface area contributed by atoms with Crippen LogP contribution in [0.3, 0.4) is 0 Å². The van der Waals surface area contributed by atoms with Gasteiger partial charge in [0.1, 0.15) is 0 Å². The van der Waals surface area contributed by atoms with Gasteiger partial charge in [0, 0.05) is 34.9 Å². The van der Waals surface area contributed by atoms with Gasteiger partial charge >= 0.3 is 0 Å². The van der Waals surface area contributed by atoms with Crippen LogP contribution < -0.4 is 19.5 Å². The largest absolute Gasteiger partial charge is 0.493 e. The molecule has 0 aliphatic heterocycles. The van der Waals surface area contributed by atoms with Crippen molar-refractivity contribution in [2.24, 2.45) is 0 Å². The minimum Gasteiger partial charge on any atom is -0.493 e. The van der Waals surface area contributed by atoms with Gasteiger partial charge in [-0.2, -0.15) is 0 Å². The number of rotatable bonds is 6. The molecule has 25 heavy (non-hydrogen) atoms. The molecule has 0 saturated heterocycles. The van der Waals surface area contributed by atoms with Crippen molar-refractivity contribution < 1.29 is 19.0 Å². The molecule has 0 aliphatic carbocycles. The van der Waals surface area contributed by atoms with E-state index in [-0.39, 0.29) is 12.3 Å². The van der Waals surface area contributed by atoms with E-state index in [1.54, 1.807) is 12.1 Å². The summed E-state index contributed by atoms with van der Waals surface area (Å²) in [7, 11) is 4.61. The summed E-state index contributed by atoms with van der Waals surface area (Å²) in [6.45, 7) is 0. The number of ether oxygens (including phenoxy) is 3. The Morgan fingerprint density at radius 1 is 1.04 bits per heavy atom. The molecule has 1 heterocycles. The van der Waals surface area contributed by atoms with Gasteiger partial charge in [-0.25, -0.2) is 0 Å². The predicted molar refractivity (Wildman–Crippen MR) is 96.7 cm³/mol. The maximum atomic E-state index is 12.4. The molecular formula is C19H20N2O4. The molecule has 0 unspecified atom stereocenters. The number of amides is 1. The number of benzene rings is 2. The molecule has 0 aliphatic rings. The molecule has 2 N–H and O–H groups in total. The predicted octanol–water partition coefficient (Wildman–Crippen LogP) is 3.37. The lowest BCUT2D eigenvalue weighted by Crippen LogP contribution is -2.14. The standard InChI is InChI=1S/C19H20N2O4/c1-23-16-9-13(10-17(24-2)19(16)25-3)21-18(22)8-12-11-20-15-7-5-4-6-14(12)15/h4-7,9-11,20H,8H2,1-3H3,(H,21,22). The van der Waals surface area contributed by atoms with Gasteiger partial charge < -0.3 is 24.5 Å². The van der Waals surface area contributed by atoms with Crippen LogP contribution >= 0.6 is 0 Å². The van der Waals surface area contributed by atoms with Gasteiger partial charge in [0.25, 0.3) is 0 Å². The third kappa shape index (κ3) is 3.38. The summed E-state index contributed by atoms with van der Waals surface area (Å²) in [4.78, 5) is 15.6. The Balaban J connectivity index is 1.81. The molecule has 0 atom stereocenters. The van der Waals surface area contributed by atoms with E-state index < -0.39 is 0 Å². The van der Waals surface area contributed by atoms with Gasteiger partial charge in [-0.05, 0) is 11.6 Å². The van der Waals surface area contributed by atoms with Crippen LogP contribution in [0.15, 0.2) is 42.6 Å². The maximum absolute atomic E-state index is 12.4. The van der Waals surface area contributed by atoms with Crippen LogP contribution in [0.2, 0.25) is 0 Å². The summed E-state index contributed by atoms with van der Waals surface area (Å²) >= 11 is 0. The van der Waals surface area contributed by atoms with Gasteiger partial charge in [0.15, 0.2) is 11.5 Å². The highest BCUT2D eigenvalue weighted by atomic mass is 16.5. The van der Waals surface area contributed by atoms with Crippen molar-refractivity contribution in [1.29, 1.82) is 0 Å². The zero-order chi connectivity index (χ0) is 17.8. The average Bonchev–Trinajstić information content (AvgIpc) is 3.03. The first-order valence-electron chi connectivity index (χ1n) is 7.81. The lowest BCUT2D eigenvalue weighted by atomic mass is 10.1. The number of carbonyl (C=O) groups is 1. The molecule has 0 bridgehead atoms. The molecule has 0 spiro atoms. The highest BCUT2D eigenvalue weighted by Gasteiger charge is 2.15. The van der Waals surface area contributed by atoms with Crippen LogP contribution in [0.25, 0.3) is 10.9 Å². The van der Waals surface area contributed by atoms with Gasteiger partial charge in [0.05, 0.1) is 27.8 Å². The number of carbonyl (C=O) groups excluding carboxylic acids is 1. The SMILES string of the molecule is COc1cc(NC(=O)Cc2c[nH]c3ccccc23)cc(OC)c1OC. The molecule has 3 rings (SSSR count). The summed E-state index contributed by atoms with van der Waals surface area (Å²) in [6.07, 6.45) is 2.13. The number of hydrogen-bond donors (Lipinski definition) is 2. The topological polar surface area (TPSA) is 72.6 Å². The molecule has 6 heteroatoms. The molecule has 130 valence electrons. The van der Waals surface area contributed by atoms with Gasteiger partial charge in [-0.15, -0.1) is 0 Å². The number of anilines is 1. The molecule has 3 aromatic rings. The third-order valence-corrected chi connectivity index (χ3v) is 3.97. The highest BCUT2D eigenvalue weighted by Crippen LogP contribution is 2.39. The molecule has 1 aromatic heterocycles. The van der Waals surface area contributed by atoms with Crippen molar-refractivity contribution in [2.45, 2.75) is 6.42 Å². The van der Waals surface area contributed by atoms with Crippen molar-refractivity contribution in [1.82, 2.24) is 4.98 Å². The Hall–Kier alpha value is -3.15. The van der Waals surface area contributed by atoms with Crippen molar-refractivity contribution in [3.8, 4) is 17.2 Å². The van der Waals surface area contributed by atoms with Crippen LogP contribution in [0.4, 0.5) is 5.69 Å². The number of H-pyrrole nitrogens is 1. The van der Waals surface area contributed by atoms with E-state index in [1.165, 1.54) is 21.3 Å². The summed E-state index contributed by atoms with van der Waals surface area (Å²) in [5.41, 5.74) is 2.54. The second-order valence-electron chi connectivity index (χ2n) is 5.50. The van der Waals surface area contributed by atoms with E-state index in [1.807, 2.05) is 30.5 Å². The van der Waals surface area contributed by atoms with E-state index in [2.05, 4.69) is 10.3 Å². The van der Waals surface area contributed by atoms with Crippen LogP contribution in [-0.2, 0) is 11.2 Å². The molecule has 0 saturated carbocycles. The number of aromatic nitrogens is 1. The first-order chi connectivity index (χ1) is 12.2. The Kier molecular flexibility index (Phi) is 4.79. The fourth-order valence-corrected chi connectivity index (χ4v) is 2.81. The van der Waals surface area contributed by atoms with Crippen molar-refractivity contribution in [3.05, 3.63) is 48.2 Å². The Morgan fingerprint density at radius 3 is 2.36 bits per heavy atom. The minimum atomic E-state index is -0.126. The van der Waals surface area contributed by atoms with E-state index >= 15 is 0 Å². The average molecular weight is 340 g/mol. The molecule has 0 fully saturated rings. The summed E-state index contributed by atoms with van der Waals surface area (Å²) in [5, 5.41) is 3.92. The number of nitrogens with one attached hydrogen (secondary N) is 2. The summed E-state index contributed by atoms with van der Waals surface area (Å²) < 4.78 is 15.9. The summed E-state index contributed by atoms with van der Waals surface area (Å²) in [5.74, 6) is 1.34. The van der Waals surface area contributed by atoms with Crippen LogP contribution in [0, 0.1) is 0 Å². The number of para-hydroxylation sites is 1. The zero-order valence-corrected chi connectivity index (χ0v) is 14.4. The molecule has 6 nitrogen and oxygen atoms in total. The van der Waals surface area contributed by atoms with Gasteiger partial charge in [-0.1, -0.05) is 18.2 Å². The minimum absolute atomic E-state index is 0.126. The monoisotopic (exact) mass is 340 g/mol. The number of aromatic amines is 1. The number of fused-ring (bicyclic) bond motifs is 1. The molecular weight excluding hydrogens is 320 g/mol.